The molecule has 0 atom stereocenters. The molecule has 0 aliphatic heterocycles. The lowest BCUT2D eigenvalue weighted by Gasteiger charge is -2.07. The van der Waals surface area contributed by atoms with Crippen molar-refractivity contribution in [1.29, 1.82) is 0 Å². The molecule has 2 rings (SSSR count). The van der Waals surface area contributed by atoms with Crippen LogP contribution in [0.2, 0.25) is 0 Å². The second kappa shape index (κ2) is 4.26. The van der Waals surface area contributed by atoms with Crippen LogP contribution < -0.4 is 4.74 Å². The molecule has 0 heterocycles. The van der Waals surface area contributed by atoms with Crippen molar-refractivity contribution in [3.8, 4) is 5.75 Å². The van der Waals surface area contributed by atoms with Gasteiger partial charge in [-0.05, 0) is 22.9 Å². The summed E-state index contributed by atoms with van der Waals surface area (Å²) in [6.45, 7) is -2.89. The maximum Gasteiger partial charge on any atom is 0.387 e. The Kier molecular flexibility index (Phi) is 2.81. The number of fused-ring (bicyclic) bond motifs is 1. The van der Waals surface area contributed by atoms with Crippen LogP contribution in [0.1, 0.15) is 10.4 Å². The Hall–Kier alpha value is -1.97. The van der Waals surface area contributed by atoms with Gasteiger partial charge < -0.3 is 4.74 Å². The Balaban J connectivity index is 2.58. The molecule has 0 saturated carbocycles. The molecular formula is C12H8F2O2. The Morgan fingerprint density at radius 1 is 1.19 bits per heavy atom. The average molecular weight is 222 g/mol. The van der Waals surface area contributed by atoms with Gasteiger partial charge in [0.1, 0.15) is 5.75 Å². The lowest BCUT2D eigenvalue weighted by molar-refractivity contribution is -0.0497. The van der Waals surface area contributed by atoms with Gasteiger partial charge in [-0.1, -0.05) is 24.3 Å². The number of carbonyl (C=O) groups is 1. The number of ether oxygens (including phenoxy) is 1. The van der Waals surface area contributed by atoms with Crippen LogP contribution in [0.25, 0.3) is 10.8 Å². The Morgan fingerprint density at radius 2 is 1.94 bits per heavy atom. The van der Waals surface area contributed by atoms with Crippen molar-refractivity contribution in [2.75, 3.05) is 0 Å². The zero-order chi connectivity index (χ0) is 11.5. The third-order valence-electron chi connectivity index (χ3n) is 2.22. The second-order valence-electron chi connectivity index (χ2n) is 3.23. The highest BCUT2D eigenvalue weighted by Crippen LogP contribution is 2.25. The van der Waals surface area contributed by atoms with Gasteiger partial charge in [0, 0.05) is 5.56 Å². The van der Waals surface area contributed by atoms with Gasteiger partial charge in [-0.2, -0.15) is 8.78 Å². The molecule has 0 fully saturated rings. The first-order valence-electron chi connectivity index (χ1n) is 4.63. The molecule has 0 aliphatic carbocycles. The number of benzene rings is 2. The molecule has 0 spiro atoms. The monoisotopic (exact) mass is 222 g/mol. The zero-order valence-electron chi connectivity index (χ0n) is 8.19. The van der Waals surface area contributed by atoms with E-state index in [1.165, 1.54) is 12.1 Å². The molecule has 4 heteroatoms. The molecule has 0 aliphatic rings. The highest BCUT2D eigenvalue weighted by Gasteiger charge is 2.08. The summed E-state index contributed by atoms with van der Waals surface area (Å²) in [5, 5.41) is 1.42. The number of aldehydes is 1. The summed E-state index contributed by atoms with van der Waals surface area (Å²) < 4.78 is 28.4. The Labute approximate surface area is 90.4 Å². The number of alkyl halides is 2. The Bertz CT molecular complexity index is 523. The van der Waals surface area contributed by atoms with Crippen LogP contribution in [-0.4, -0.2) is 12.9 Å². The number of halogens is 2. The largest absolute Gasteiger partial charge is 0.435 e. The van der Waals surface area contributed by atoms with Crippen molar-refractivity contribution < 1.29 is 18.3 Å². The van der Waals surface area contributed by atoms with E-state index in [2.05, 4.69) is 4.74 Å². The number of rotatable bonds is 3. The number of hydrogen-bond acceptors (Lipinski definition) is 2. The van der Waals surface area contributed by atoms with Crippen molar-refractivity contribution in [3.63, 3.8) is 0 Å². The van der Waals surface area contributed by atoms with Gasteiger partial charge in [0.25, 0.3) is 0 Å². The van der Waals surface area contributed by atoms with E-state index in [1.807, 2.05) is 0 Å². The van der Waals surface area contributed by atoms with Crippen molar-refractivity contribution in [2.45, 2.75) is 6.61 Å². The van der Waals surface area contributed by atoms with Crippen LogP contribution in [0, 0.1) is 0 Å². The zero-order valence-corrected chi connectivity index (χ0v) is 8.19. The molecule has 0 aromatic heterocycles. The molecule has 2 aromatic carbocycles. The summed E-state index contributed by atoms with van der Waals surface area (Å²) in [4.78, 5) is 10.8. The summed E-state index contributed by atoms with van der Waals surface area (Å²) >= 11 is 0. The molecule has 0 amide bonds. The fourth-order valence-corrected chi connectivity index (χ4v) is 1.58. The summed E-state index contributed by atoms with van der Waals surface area (Å²) in [6, 6.07) is 9.83. The molecule has 2 nitrogen and oxygen atoms in total. The van der Waals surface area contributed by atoms with E-state index < -0.39 is 6.61 Å². The molecule has 82 valence electrons. The summed E-state index contributed by atoms with van der Waals surface area (Å²) in [5.41, 5.74) is 0.341. The quantitative estimate of drug-likeness (QED) is 0.745. The molecule has 0 N–H and O–H groups in total. The predicted molar refractivity (Wildman–Crippen MR) is 56.0 cm³/mol. The van der Waals surface area contributed by atoms with Crippen molar-refractivity contribution >= 4 is 17.1 Å². The predicted octanol–water partition coefficient (Wildman–Crippen LogP) is 3.25. The normalized spacial score (nSPS) is 10.7. The molecule has 0 saturated heterocycles. The van der Waals surface area contributed by atoms with Crippen LogP contribution in [0.3, 0.4) is 0 Å². The standard InChI is InChI=1S/C12H8F2O2/c13-12(14)16-10-5-8-3-1-2-4-11(8)9(6-10)7-15/h1-7,12H. The third kappa shape index (κ3) is 2.00. The molecule has 0 unspecified atom stereocenters. The molecular weight excluding hydrogens is 214 g/mol. The molecule has 0 bridgehead atoms. The van der Waals surface area contributed by atoms with E-state index in [0.29, 0.717) is 17.2 Å². The van der Waals surface area contributed by atoms with Crippen molar-refractivity contribution in [1.82, 2.24) is 0 Å². The van der Waals surface area contributed by atoms with Gasteiger partial charge in [-0.25, -0.2) is 0 Å². The van der Waals surface area contributed by atoms with Gasteiger partial charge in [0.2, 0.25) is 0 Å². The van der Waals surface area contributed by atoms with E-state index in [4.69, 9.17) is 0 Å². The summed E-state index contributed by atoms with van der Waals surface area (Å²) in [5.74, 6) is -0.00389. The van der Waals surface area contributed by atoms with E-state index >= 15 is 0 Å². The molecule has 2 aromatic rings. The smallest absolute Gasteiger partial charge is 0.387 e. The lowest BCUT2D eigenvalue weighted by Crippen LogP contribution is -2.02. The summed E-state index contributed by atoms with van der Waals surface area (Å²) in [6.07, 6.45) is 0.626. The minimum Gasteiger partial charge on any atom is -0.435 e. The van der Waals surface area contributed by atoms with E-state index in [-0.39, 0.29) is 5.75 Å². The highest BCUT2D eigenvalue weighted by atomic mass is 19.3. The van der Waals surface area contributed by atoms with Gasteiger partial charge >= 0.3 is 6.61 Å². The first-order valence-corrected chi connectivity index (χ1v) is 4.63. The van der Waals surface area contributed by atoms with Crippen LogP contribution >= 0.6 is 0 Å². The SMILES string of the molecule is O=Cc1cc(OC(F)F)cc2ccccc12. The molecule has 16 heavy (non-hydrogen) atoms. The maximum absolute atomic E-state index is 12.0. The number of carbonyl (C=O) groups excluding carboxylic acids is 1. The summed E-state index contributed by atoms with van der Waals surface area (Å²) in [7, 11) is 0. The fraction of sp³-hybridized carbons (Fsp3) is 0.0833. The lowest BCUT2D eigenvalue weighted by atomic mass is 10.1. The van der Waals surface area contributed by atoms with Gasteiger partial charge in [0.05, 0.1) is 0 Å². The minimum atomic E-state index is -2.89. The maximum atomic E-state index is 12.0. The minimum absolute atomic E-state index is 0.00389. The average Bonchev–Trinajstić information content (AvgIpc) is 2.27. The van der Waals surface area contributed by atoms with Gasteiger partial charge in [-0.3, -0.25) is 4.79 Å². The highest BCUT2D eigenvalue weighted by molar-refractivity contribution is 5.99. The second-order valence-corrected chi connectivity index (χ2v) is 3.23. The van der Waals surface area contributed by atoms with E-state index in [9.17, 15) is 13.6 Å². The fourth-order valence-electron chi connectivity index (χ4n) is 1.58. The van der Waals surface area contributed by atoms with Crippen molar-refractivity contribution in [2.24, 2.45) is 0 Å². The van der Waals surface area contributed by atoms with Crippen LogP contribution in [0.5, 0.6) is 5.75 Å². The first-order chi connectivity index (χ1) is 7.70. The number of hydrogen-bond donors (Lipinski definition) is 0. The van der Waals surface area contributed by atoms with Crippen LogP contribution in [0.4, 0.5) is 8.78 Å². The van der Waals surface area contributed by atoms with Crippen molar-refractivity contribution in [3.05, 3.63) is 42.0 Å². The first kappa shape index (κ1) is 10.5. The van der Waals surface area contributed by atoms with Crippen LogP contribution in [0.15, 0.2) is 36.4 Å². The van der Waals surface area contributed by atoms with E-state index in [1.54, 1.807) is 24.3 Å². The molecule has 0 radical (unpaired) electrons. The van der Waals surface area contributed by atoms with Gasteiger partial charge in [0.15, 0.2) is 6.29 Å². The van der Waals surface area contributed by atoms with E-state index in [0.717, 1.165) is 5.39 Å². The van der Waals surface area contributed by atoms with Gasteiger partial charge in [-0.15, -0.1) is 0 Å². The topological polar surface area (TPSA) is 26.3 Å². The Morgan fingerprint density at radius 3 is 2.62 bits per heavy atom. The van der Waals surface area contributed by atoms with Crippen LogP contribution in [-0.2, 0) is 0 Å². The third-order valence-corrected chi connectivity index (χ3v) is 2.22.